The van der Waals surface area contributed by atoms with Crippen LogP contribution >= 0.6 is 0 Å². The number of hydrogen-bond acceptors (Lipinski definition) is 8. The average Bonchev–Trinajstić information content (AvgIpc) is 3.38. The van der Waals surface area contributed by atoms with Crippen LogP contribution in [0, 0.1) is 5.82 Å². The van der Waals surface area contributed by atoms with Gasteiger partial charge in [-0.1, -0.05) is 24.3 Å². The maximum absolute atomic E-state index is 15.1. The monoisotopic (exact) mass is 596 g/mol. The Bertz CT molecular complexity index is 1360. The molecule has 2 aromatic rings. The van der Waals surface area contributed by atoms with E-state index in [0.717, 1.165) is 5.56 Å². The third-order valence-corrected chi connectivity index (χ3v) is 7.53. The number of amides is 4. The summed E-state index contributed by atoms with van der Waals surface area (Å²) in [6.07, 6.45) is -0.974. The minimum Gasteiger partial charge on any atom is -0.442 e. The molecule has 4 amide bonds. The number of nitrogens with two attached hydrogens (primary N) is 1. The molecule has 2 saturated heterocycles. The molecule has 0 aliphatic carbocycles. The molecule has 2 heterocycles. The minimum absolute atomic E-state index is 0.0670. The summed E-state index contributed by atoms with van der Waals surface area (Å²) in [4.78, 5) is 66.9. The molecule has 2 aliphatic rings. The number of nitrogens with one attached hydrogen (secondary N) is 1. The number of Topliss-reactive ketones (excluding diaryl/α,β-unsaturated/α-hetero) is 1. The van der Waals surface area contributed by atoms with Crippen molar-refractivity contribution in [3.63, 3.8) is 0 Å². The van der Waals surface area contributed by atoms with Gasteiger partial charge in [-0.15, -0.1) is 0 Å². The van der Waals surface area contributed by atoms with Crippen LogP contribution in [0.25, 0.3) is 0 Å². The lowest BCUT2D eigenvalue weighted by Gasteiger charge is -2.36. The molecule has 4 rings (SSSR count). The molecule has 1 atom stereocenters. The second-order valence-corrected chi connectivity index (χ2v) is 10.6. The van der Waals surface area contributed by atoms with E-state index in [1.54, 1.807) is 48.3 Å². The molecular formula is C30H37FN6O6. The Kier molecular flexibility index (Phi) is 10.3. The number of carbonyl (C=O) groups excluding carboxylic acids is 5. The molecule has 0 unspecified atom stereocenters. The first-order valence-corrected chi connectivity index (χ1v) is 14.2. The summed E-state index contributed by atoms with van der Waals surface area (Å²) >= 11 is 0. The van der Waals surface area contributed by atoms with Crippen molar-refractivity contribution in [2.45, 2.75) is 32.4 Å². The predicted octanol–water partition coefficient (Wildman–Crippen LogP) is 1.52. The molecule has 43 heavy (non-hydrogen) atoms. The summed E-state index contributed by atoms with van der Waals surface area (Å²) in [7, 11) is 1.66. The van der Waals surface area contributed by atoms with Gasteiger partial charge < -0.3 is 30.5 Å². The number of cyclic esters (lactones) is 1. The highest BCUT2D eigenvalue weighted by atomic mass is 19.1. The number of anilines is 2. The number of likely N-dealkylation sites (N-methyl/N-ethyl adjacent to an activating group) is 1. The van der Waals surface area contributed by atoms with Gasteiger partial charge in [0.2, 0.25) is 17.7 Å². The molecule has 12 nitrogen and oxygen atoms in total. The molecule has 0 radical (unpaired) electrons. The predicted molar refractivity (Wildman–Crippen MR) is 157 cm³/mol. The van der Waals surface area contributed by atoms with Crippen molar-refractivity contribution in [2.24, 2.45) is 5.73 Å². The van der Waals surface area contributed by atoms with Crippen LogP contribution in [0.5, 0.6) is 0 Å². The van der Waals surface area contributed by atoms with Crippen LogP contribution in [0.4, 0.5) is 20.6 Å². The van der Waals surface area contributed by atoms with Crippen molar-refractivity contribution in [1.82, 2.24) is 15.1 Å². The Hall–Kier alpha value is -4.52. The second-order valence-electron chi connectivity index (χ2n) is 10.6. The van der Waals surface area contributed by atoms with Gasteiger partial charge in [-0.3, -0.25) is 24.1 Å². The number of benzene rings is 2. The molecule has 230 valence electrons. The number of rotatable bonds is 11. The van der Waals surface area contributed by atoms with Crippen molar-refractivity contribution in [3.05, 3.63) is 59.4 Å². The van der Waals surface area contributed by atoms with E-state index in [4.69, 9.17) is 10.5 Å². The minimum atomic E-state index is -0.603. The summed E-state index contributed by atoms with van der Waals surface area (Å²) < 4.78 is 20.4. The third-order valence-electron chi connectivity index (χ3n) is 7.53. The van der Waals surface area contributed by atoms with Crippen LogP contribution in [0.3, 0.4) is 0 Å². The number of nitrogens with zero attached hydrogens (tertiary/aromatic N) is 4. The Morgan fingerprint density at radius 2 is 1.74 bits per heavy atom. The zero-order valence-corrected chi connectivity index (χ0v) is 24.4. The molecule has 3 N–H and O–H groups in total. The zero-order valence-electron chi connectivity index (χ0n) is 24.4. The van der Waals surface area contributed by atoms with Gasteiger partial charge in [0.25, 0.3) is 0 Å². The second kappa shape index (κ2) is 14.1. The number of ketones is 1. The van der Waals surface area contributed by atoms with Gasteiger partial charge >= 0.3 is 6.09 Å². The van der Waals surface area contributed by atoms with Crippen LogP contribution in [0.1, 0.15) is 35.7 Å². The first-order chi connectivity index (χ1) is 20.5. The van der Waals surface area contributed by atoms with E-state index < -0.39 is 18.0 Å². The maximum atomic E-state index is 15.1. The van der Waals surface area contributed by atoms with E-state index in [-0.39, 0.29) is 56.0 Å². The quantitative estimate of drug-likeness (QED) is 0.372. The number of ether oxygens (including phenoxy) is 1. The van der Waals surface area contributed by atoms with Gasteiger partial charge in [0.1, 0.15) is 11.9 Å². The molecule has 0 saturated carbocycles. The van der Waals surface area contributed by atoms with E-state index in [0.29, 0.717) is 49.7 Å². The van der Waals surface area contributed by atoms with Crippen molar-refractivity contribution in [1.29, 1.82) is 0 Å². The van der Waals surface area contributed by atoms with Gasteiger partial charge in [0, 0.05) is 65.1 Å². The number of piperazine rings is 1. The van der Waals surface area contributed by atoms with Crippen molar-refractivity contribution in [3.8, 4) is 0 Å². The lowest BCUT2D eigenvalue weighted by atomic mass is 10.0. The molecule has 2 fully saturated rings. The van der Waals surface area contributed by atoms with Crippen LogP contribution in [0.2, 0.25) is 0 Å². The maximum Gasteiger partial charge on any atom is 0.414 e. The summed E-state index contributed by atoms with van der Waals surface area (Å²) in [6.45, 7) is 3.69. The van der Waals surface area contributed by atoms with Crippen LogP contribution < -0.4 is 20.9 Å². The van der Waals surface area contributed by atoms with Crippen LogP contribution in [-0.4, -0.2) is 98.4 Å². The lowest BCUT2D eigenvalue weighted by molar-refractivity contribution is -0.131. The Labute approximate surface area is 249 Å². The van der Waals surface area contributed by atoms with Crippen molar-refractivity contribution >= 4 is 41.0 Å². The number of halogens is 1. The van der Waals surface area contributed by atoms with E-state index in [1.165, 1.54) is 22.8 Å². The van der Waals surface area contributed by atoms with Gasteiger partial charge in [0.15, 0.2) is 5.78 Å². The molecular weight excluding hydrogens is 559 g/mol. The zero-order chi connectivity index (χ0) is 31.1. The lowest BCUT2D eigenvalue weighted by Crippen LogP contribution is -2.49. The molecule has 2 aromatic carbocycles. The highest BCUT2D eigenvalue weighted by molar-refractivity contribution is 5.98. The van der Waals surface area contributed by atoms with Crippen molar-refractivity contribution < 1.29 is 33.1 Å². The third kappa shape index (κ3) is 8.07. The molecule has 0 aromatic heterocycles. The summed E-state index contributed by atoms with van der Waals surface area (Å²) in [6, 6.07) is 11.5. The Balaban J connectivity index is 1.24. The van der Waals surface area contributed by atoms with E-state index in [2.05, 4.69) is 5.32 Å². The first kappa shape index (κ1) is 31.4. The summed E-state index contributed by atoms with van der Waals surface area (Å²) in [5.74, 6) is -1.18. The fourth-order valence-corrected chi connectivity index (χ4v) is 5.05. The highest BCUT2D eigenvalue weighted by Gasteiger charge is 2.33. The number of hydrogen-bond donors (Lipinski definition) is 2. The normalized spacial score (nSPS) is 16.6. The van der Waals surface area contributed by atoms with Crippen LogP contribution in [-0.2, 0) is 25.7 Å². The Morgan fingerprint density at radius 1 is 1.05 bits per heavy atom. The topological polar surface area (TPSA) is 146 Å². The molecule has 0 spiro atoms. The molecule has 2 aliphatic heterocycles. The standard InChI is InChI=1S/C30H37FN6O6/c1-20(38)33-17-24-19-37(30(42)43-24)23-7-8-26(25(31)15-23)35-11-13-36(14-12-35)28(40)10-9-27(39)22-5-3-21(4-6-22)18-34(2)29(41)16-32/h3-8,15,24H,9-14,16-19,32H2,1-2H3,(H,33,38)/t24-/m0/s1. The van der Waals surface area contributed by atoms with E-state index >= 15 is 4.39 Å². The number of carbonyl (C=O) groups is 5. The van der Waals surface area contributed by atoms with Crippen molar-refractivity contribution in [2.75, 3.05) is 62.7 Å². The molecule has 13 heteroatoms. The fraction of sp³-hybridized carbons (Fsp3) is 0.433. The van der Waals surface area contributed by atoms with E-state index in [1.807, 2.05) is 4.90 Å². The van der Waals surface area contributed by atoms with Gasteiger partial charge in [-0.25, -0.2) is 9.18 Å². The van der Waals surface area contributed by atoms with Gasteiger partial charge in [0.05, 0.1) is 31.0 Å². The van der Waals surface area contributed by atoms with Gasteiger partial charge in [-0.2, -0.15) is 0 Å². The first-order valence-electron chi connectivity index (χ1n) is 14.2. The average molecular weight is 597 g/mol. The SMILES string of the molecule is CC(=O)NC[C@H]1CN(c2ccc(N3CCN(C(=O)CCC(=O)c4ccc(CN(C)C(=O)CN)cc4)CC3)c(F)c2)C(=O)O1. The largest absolute Gasteiger partial charge is 0.442 e. The van der Waals surface area contributed by atoms with Crippen LogP contribution in [0.15, 0.2) is 42.5 Å². The smallest absolute Gasteiger partial charge is 0.414 e. The van der Waals surface area contributed by atoms with E-state index in [9.17, 15) is 24.0 Å². The van der Waals surface area contributed by atoms with Gasteiger partial charge in [-0.05, 0) is 23.8 Å². The molecule has 0 bridgehead atoms. The fourth-order valence-electron chi connectivity index (χ4n) is 5.05. The Morgan fingerprint density at radius 3 is 2.37 bits per heavy atom. The summed E-state index contributed by atoms with van der Waals surface area (Å²) in [5, 5.41) is 2.61. The summed E-state index contributed by atoms with van der Waals surface area (Å²) in [5.41, 5.74) is 7.48. The highest BCUT2D eigenvalue weighted by Crippen LogP contribution is 2.28.